The van der Waals surface area contributed by atoms with E-state index in [4.69, 9.17) is 5.73 Å². The lowest BCUT2D eigenvalue weighted by molar-refractivity contribution is 0.236. The molecule has 1 aliphatic carbocycles. The minimum absolute atomic E-state index is 0.109. The average Bonchev–Trinajstić information content (AvgIpc) is 2.99. The highest BCUT2D eigenvalue weighted by atomic mass is 16.2. The average molecular weight is 219 g/mol. The van der Waals surface area contributed by atoms with Crippen LogP contribution in [0.1, 0.15) is 25.3 Å². The quantitative estimate of drug-likeness (QED) is 0.676. The molecule has 0 aliphatic heterocycles. The van der Waals surface area contributed by atoms with E-state index < -0.39 is 0 Å². The van der Waals surface area contributed by atoms with E-state index in [9.17, 15) is 4.79 Å². The van der Waals surface area contributed by atoms with E-state index in [1.807, 2.05) is 31.2 Å². The number of hydrogen-bond donors (Lipinski definition) is 3. The third-order valence-electron chi connectivity index (χ3n) is 2.88. The lowest BCUT2D eigenvalue weighted by Crippen LogP contribution is -2.42. The Morgan fingerprint density at radius 3 is 2.81 bits per heavy atom. The van der Waals surface area contributed by atoms with Crippen LogP contribution in [-0.2, 0) is 5.54 Å². The first-order valence-electron chi connectivity index (χ1n) is 5.58. The normalized spacial score (nSPS) is 16.6. The molecule has 2 amide bonds. The molecule has 1 aromatic carbocycles. The summed E-state index contributed by atoms with van der Waals surface area (Å²) < 4.78 is 0. The van der Waals surface area contributed by atoms with Crippen molar-refractivity contribution < 1.29 is 4.79 Å². The number of amides is 2. The Hall–Kier alpha value is -1.71. The van der Waals surface area contributed by atoms with Gasteiger partial charge in [-0.15, -0.1) is 0 Å². The minimum Gasteiger partial charge on any atom is -0.399 e. The van der Waals surface area contributed by atoms with Gasteiger partial charge in [0.1, 0.15) is 0 Å². The fourth-order valence-electron chi connectivity index (χ4n) is 1.87. The van der Waals surface area contributed by atoms with E-state index in [-0.39, 0.29) is 11.6 Å². The van der Waals surface area contributed by atoms with Crippen molar-refractivity contribution in [3.05, 3.63) is 29.8 Å². The molecule has 86 valence electrons. The van der Waals surface area contributed by atoms with Gasteiger partial charge in [-0.3, -0.25) is 0 Å². The first-order valence-corrected chi connectivity index (χ1v) is 5.58. The molecule has 0 unspecified atom stereocenters. The Morgan fingerprint density at radius 1 is 1.50 bits per heavy atom. The number of rotatable bonds is 3. The van der Waals surface area contributed by atoms with Crippen molar-refractivity contribution in [2.24, 2.45) is 0 Å². The van der Waals surface area contributed by atoms with Crippen molar-refractivity contribution in [1.29, 1.82) is 0 Å². The second kappa shape index (κ2) is 4.04. The number of carbonyl (C=O) groups is 1. The zero-order chi connectivity index (χ0) is 11.6. The number of nitrogen functional groups attached to an aromatic ring is 1. The largest absolute Gasteiger partial charge is 0.399 e. The summed E-state index contributed by atoms with van der Waals surface area (Å²) >= 11 is 0. The molecule has 0 heterocycles. The highest BCUT2D eigenvalue weighted by molar-refractivity contribution is 5.75. The summed E-state index contributed by atoms with van der Waals surface area (Å²) in [6.45, 7) is 2.54. The van der Waals surface area contributed by atoms with Crippen molar-refractivity contribution in [3.8, 4) is 0 Å². The molecule has 2 rings (SSSR count). The summed E-state index contributed by atoms with van der Waals surface area (Å²) in [6, 6.07) is 7.60. The molecule has 0 radical (unpaired) electrons. The Morgan fingerprint density at radius 2 is 2.25 bits per heavy atom. The number of anilines is 1. The van der Waals surface area contributed by atoms with Crippen LogP contribution in [0, 0.1) is 0 Å². The number of benzene rings is 1. The molecule has 4 heteroatoms. The van der Waals surface area contributed by atoms with Crippen LogP contribution in [0.15, 0.2) is 24.3 Å². The monoisotopic (exact) mass is 219 g/mol. The zero-order valence-electron chi connectivity index (χ0n) is 9.42. The van der Waals surface area contributed by atoms with Gasteiger partial charge < -0.3 is 16.4 Å². The lowest BCUT2D eigenvalue weighted by Gasteiger charge is -2.18. The number of nitrogens with one attached hydrogen (secondary N) is 2. The van der Waals surface area contributed by atoms with E-state index >= 15 is 0 Å². The molecule has 1 aliphatic rings. The number of urea groups is 1. The van der Waals surface area contributed by atoms with Gasteiger partial charge in [-0.2, -0.15) is 0 Å². The zero-order valence-corrected chi connectivity index (χ0v) is 9.42. The van der Waals surface area contributed by atoms with E-state index in [0.717, 1.165) is 24.1 Å². The molecule has 0 spiro atoms. The van der Waals surface area contributed by atoms with Gasteiger partial charge in [-0.05, 0) is 37.5 Å². The van der Waals surface area contributed by atoms with Gasteiger partial charge in [-0.25, -0.2) is 4.79 Å². The van der Waals surface area contributed by atoms with Crippen LogP contribution in [0.3, 0.4) is 0 Å². The lowest BCUT2D eigenvalue weighted by atomic mass is 10.0. The predicted molar refractivity (Wildman–Crippen MR) is 64.0 cm³/mol. The topological polar surface area (TPSA) is 67.2 Å². The fourth-order valence-corrected chi connectivity index (χ4v) is 1.87. The number of nitrogens with two attached hydrogens (primary N) is 1. The van der Waals surface area contributed by atoms with Crippen molar-refractivity contribution in [3.63, 3.8) is 0 Å². The van der Waals surface area contributed by atoms with Crippen molar-refractivity contribution in [1.82, 2.24) is 10.6 Å². The molecule has 1 fully saturated rings. The van der Waals surface area contributed by atoms with E-state index in [2.05, 4.69) is 10.6 Å². The highest BCUT2D eigenvalue weighted by Gasteiger charge is 2.45. The van der Waals surface area contributed by atoms with Gasteiger partial charge in [0.05, 0.1) is 5.54 Å². The van der Waals surface area contributed by atoms with Crippen LogP contribution in [0.2, 0.25) is 0 Å². The summed E-state index contributed by atoms with van der Waals surface area (Å²) in [7, 11) is 0. The highest BCUT2D eigenvalue weighted by Crippen LogP contribution is 2.45. The second-order valence-electron chi connectivity index (χ2n) is 4.19. The standard InChI is InChI=1S/C12H17N3O/c1-2-14-11(16)15-12(6-7-12)9-4-3-5-10(13)8-9/h3-5,8H,2,6-7,13H2,1H3,(H2,14,15,16). The van der Waals surface area contributed by atoms with Gasteiger partial charge in [0.2, 0.25) is 0 Å². The maximum atomic E-state index is 11.5. The van der Waals surface area contributed by atoms with Crippen LogP contribution >= 0.6 is 0 Å². The SMILES string of the molecule is CCNC(=O)NC1(c2cccc(N)c2)CC1. The van der Waals surface area contributed by atoms with Crippen LogP contribution in [-0.4, -0.2) is 12.6 Å². The maximum Gasteiger partial charge on any atom is 0.315 e. The smallest absolute Gasteiger partial charge is 0.315 e. The summed E-state index contributed by atoms with van der Waals surface area (Å²) in [4.78, 5) is 11.5. The van der Waals surface area contributed by atoms with Crippen LogP contribution in [0.5, 0.6) is 0 Å². The fraction of sp³-hybridized carbons (Fsp3) is 0.417. The van der Waals surface area contributed by atoms with Gasteiger partial charge >= 0.3 is 6.03 Å². The van der Waals surface area contributed by atoms with Crippen molar-refractivity contribution in [2.75, 3.05) is 12.3 Å². The molecule has 4 nitrogen and oxygen atoms in total. The van der Waals surface area contributed by atoms with Crippen LogP contribution < -0.4 is 16.4 Å². The van der Waals surface area contributed by atoms with Crippen LogP contribution in [0.4, 0.5) is 10.5 Å². The third-order valence-corrected chi connectivity index (χ3v) is 2.88. The molecule has 0 bridgehead atoms. The van der Waals surface area contributed by atoms with Crippen molar-refractivity contribution in [2.45, 2.75) is 25.3 Å². The Kier molecular flexibility index (Phi) is 2.73. The third kappa shape index (κ3) is 2.10. The predicted octanol–water partition coefficient (Wildman–Crippen LogP) is 1.58. The molecular weight excluding hydrogens is 202 g/mol. The molecule has 4 N–H and O–H groups in total. The molecule has 0 aromatic heterocycles. The maximum absolute atomic E-state index is 11.5. The Balaban J connectivity index is 2.11. The summed E-state index contributed by atoms with van der Waals surface area (Å²) in [6.07, 6.45) is 1.96. The molecule has 16 heavy (non-hydrogen) atoms. The summed E-state index contributed by atoms with van der Waals surface area (Å²) in [5, 5.41) is 5.75. The number of carbonyl (C=O) groups excluding carboxylic acids is 1. The first-order chi connectivity index (χ1) is 7.66. The molecule has 0 saturated heterocycles. The van der Waals surface area contributed by atoms with E-state index in [1.54, 1.807) is 0 Å². The summed E-state index contributed by atoms with van der Waals surface area (Å²) in [5.74, 6) is 0. The minimum atomic E-state index is -0.186. The van der Waals surface area contributed by atoms with Gasteiger partial charge in [-0.1, -0.05) is 12.1 Å². The van der Waals surface area contributed by atoms with Gasteiger partial charge in [0, 0.05) is 12.2 Å². The van der Waals surface area contributed by atoms with Gasteiger partial charge in [0.25, 0.3) is 0 Å². The van der Waals surface area contributed by atoms with E-state index in [1.165, 1.54) is 0 Å². The van der Waals surface area contributed by atoms with Gasteiger partial charge in [0.15, 0.2) is 0 Å². The molecule has 0 atom stereocenters. The van der Waals surface area contributed by atoms with Crippen molar-refractivity contribution >= 4 is 11.7 Å². The Bertz CT molecular complexity index is 399. The Labute approximate surface area is 95.2 Å². The van der Waals surface area contributed by atoms with Crippen LogP contribution in [0.25, 0.3) is 0 Å². The summed E-state index contributed by atoms with van der Waals surface area (Å²) in [5.41, 5.74) is 7.39. The number of hydrogen-bond acceptors (Lipinski definition) is 2. The van der Waals surface area contributed by atoms with E-state index in [0.29, 0.717) is 6.54 Å². The first kappa shape index (κ1) is 10.8. The molecule has 1 aromatic rings. The molecule has 1 saturated carbocycles. The second-order valence-corrected chi connectivity index (χ2v) is 4.19. The molecular formula is C12H17N3O.